The fourth-order valence-electron chi connectivity index (χ4n) is 11.2. The zero-order valence-electron chi connectivity index (χ0n) is 54.4. The number of hydrogen-bond acceptors (Lipinski definition) is 6. The monoisotopic (exact) mass is 1130 g/mol. The van der Waals surface area contributed by atoms with Crippen LogP contribution in [0.1, 0.15) is 412 Å². The molecule has 1 unspecified atom stereocenters. The van der Waals surface area contributed by atoms with Crippen LogP contribution in [0.3, 0.4) is 0 Å². The molecule has 0 aliphatic heterocycles. The second-order valence-electron chi connectivity index (χ2n) is 24.9. The molecular weight excluding hydrogens is 985 g/mol. The number of carbonyl (C=O) groups is 3. The minimum Gasteiger partial charge on any atom is -0.462 e. The number of ether oxygens (including phenoxy) is 3. The lowest BCUT2D eigenvalue weighted by Crippen LogP contribution is -2.30. The van der Waals surface area contributed by atoms with Crippen molar-refractivity contribution < 1.29 is 28.6 Å². The van der Waals surface area contributed by atoms with Crippen LogP contribution >= 0.6 is 0 Å². The van der Waals surface area contributed by atoms with Crippen LogP contribution in [0.15, 0.2) is 24.3 Å². The fourth-order valence-corrected chi connectivity index (χ4v) is 11.2. The van der Waals surface area contributed by atoms with E-state index in [0.717, 1.165) is 70.6 Å². The van der Waals surface area contributed by atoms with Gasteiger partial charge in [-0.15, -0.1) is 0 Å². The molecule has 1 atom stereocenters. The van der Waals surface area contributed by atoms with Crippen molar-refractivity contribution in [1.29, 1.82) is 0 Å². The van der Waals surface area contributed by atoms with Gasteiger partial charge in [-0.05, 0) is 51.4 Å². The lowest BCUT2D eigenvalue weighted by Gasteiger charge is -2.18. The second kappa shape index (κ2) is 69.4. The van der Waals surface area contributed by atoms with E-state index in [9.17, 15) is 14.4 Å². The Kier molecular flexibility index (Phi) is 67.6. The molecule has 0 aromatic rings. The summed E-state index contributed by atoms with van der Waals surface area (Å²) in [5.74, 6) is -0.845. The molecule has 0 heterocycles. The molecule has 0 spiro atoms. The smallest absolute Gasteiger partial charge is 0.306 e. The van der Waals surface area contributed by atoms with Crippen molar-refractivity contribution in [2.75, 3.05) is 13.2 Å². The largest absolute Gasteiger partial charge is 0.462 e. The van der Waals surface area contributed by atoms with Gasteiger partial charge in [0.1, 0.15) is 13.2 Å². The van der Waals surface area contributed by atoms with Crippen LogP contribution in [-0.2, 0) is 28.6 Å². The summed E-state index contributed by atoms with van der Waals surface area (Å²) in [6.07, 6.45) is 85.1. The summed E-state index contributed by atoms with van der Waals surface area (Å²) < 4.78 is 17.0. The van der Waals surface area contributed by atoms with E-state index in [2.05, 4.69) is 45.1 Å². The highest BCUT2D eigenvalue weighted by Crippen LogP contribution is 2.19. The second-order valence-corrected chi connectivity index (χ2v) is 24.9. The van der Waals surface area contributed by atoms with E-state index in [-0.39, 0.29) is 31.1 Å². The molecule has 0 saturated heterocycles. The molecule has 0 aromatic heterocycles. The SMILES string of the molecule is CCCCC/C=C\C/C=C\CCCCCCCCCC(=O)OC(COC(=O)CCCCCCCCCCCCCCC)COC(=O)CCCCCCCCCCCCCCCCCCCCCCCCCCCCCCCCCC. The molecule has 0 aliphatic rings. The van der Waals surface area contributed by atoms with Gasteiger partial charge < -0.3 is 14.2 Å². The number of allylic oxidation sites excluding steroid dienone is 4. The summed E-state index contributed by atoms with van der Waals surface area (Å²) >= 11 is 0. The third-order valence-electron chi connectivity index (χ3n) is 16.7. The van der Waals surface area contributed by atoms with Crippen molar-refractivity contribution in [2.24, 2.45) is 0 Å². The van der Waals surface area contributed by atoms with E-state index in [1.165, 1.54) is 302 Å². The standard InChI is InChI=1S/C74H140O6/c1-4-7-10-13-16-19-22-25-27-29-30-31-32-33-34-35-36-37-38-39-40-41-42-43-45-46-49-52-55-58-61-64-67-73(76)79-70-71(69-78-72(75)66-63-60-57-54-51-48-24-21-18-15-12-9-6-3)80-74(77)68-65-62-59-56-53-50-47-44-28-26-23-20-17-14-11-8-5-2/h17,20,26,28,71H,4-16,18-19,21-25,27,29-70H2,1-3H3/b20-17-,28-26-. The maximum absolute atomic E-state index is 12.9. The molecule has 472 valence electrons. The molecular formula is C74H140O6. The van der Waals surface area contributed by atoms with Crippen molar-refractivity contribution in [3.63, 3.8) is 0 Å². The Bertz CT molecular complexity index is 1290. The summed E-state index contributed by atoms with van der Waals surface area (Å²) in [6.45, 7) is 6.69. The topological polar surface area (TPSA) is 78.9 Å². The van der Waals surface area contributed by atoms with E-state index >= 15 is 0 Å². The van der Waals surface area contributed by atoms with Crippen LogP contribution in [-0.4, -0.2) is 37.2 Å². The van der Waals surface area contributed by atoms with Gasteiger partial charge in [-0.2, -0.15) is 0 Å². The predicted molar refractivity (Wildman–Crippen MR) is 349 cm³/mol. The van der Waals surface area contributed by atoms with Crippen LogP contribution in [0.4, 0.5) is 0 Å². The van der Waals surface area contributed by atoms with Crippen LogP contribution < -0.4 is 0 Å². The predicted octanol–water partition coefficient (Wildman–Crippen LogP) is 25.0. The first-order valence-electron chi connectivity index (χ1n) is 36.3. The van der Waals surface area contributed by atoms with E-state index in [0.29, 0.717) is 19.3 Å². The Labute approximate surface area is 500 Å². The quantitative estimate of drug-likeness (QED) is 0.0261. The molecule has 0 rings (SSSR count). The first-order valence-corrected chi connectivity index (χ1v) is 36.3. The van der Waals surface area contributed by atoms with Crippen molar-refractivity contribution in [2.45, 2.75) is 419 Å². The normalized spacial score (nSPS) is 12.1. The van der Waals surface area contributed by atoms with Gasteiger partial charge in [0.2, 0.25) is 0 Å². The maximum atomic E-state index is 12.9. The first-order chi connectivity index (χ1) is 39.5. The fraction of sp³-hybridized carbons (Fsp3) is 0.905. The molecule has 6 nitrogen and oxygen atoms in total. The van der Waals surface area contributed by atoms with Crippen LogP contribution in [0.2, 0.25) is 0 Å². The summed E-state index contributed by atoms with van der Waals surface area (Å²) in [5.41, 5.74) is 0. The van der Waals surface area contributed by atoms with Crippen LogP contribution in [0.25, 0.3) is 0 Å². The summed E-state index contributed by atoms with van der Waals surface area (Å²) in [7, 11) is 0. The Hall–Kier alpha value is -2.11. The maximum Gasteiger partial charge on any atom is 0.306 e. The molecule has 0 aromatic carbocycles. The van der Waals surface area contributed by atoms with Crippen LogP contribution in [0.5, 0.6) is 0 Å². The number of hydrogen-bond donors (Lipinski definition) is 0. The minimum atomic E-state index is -0.772. The van der Waals surface area contributed by atoms with Gasteiger partial charge in [0, 0.05) is 19.3 Å². The molecule has 0 N–H and O–H groups in total. The first kappa shape index (κ1) is 77.9. The lowest BCUT2D eigenvalue weighted by molar-refractivity contribution is -0.167. The van der Waals surface area contributed by atoms with Crippen molar-refractivity contribution in [3.05, 3.63) is 24.3 Å². The number of rotatable bonds is 68. The van der Waals surface area contributed by atoms with E-state index < -0.39 is 6.10 Å². The molecule has 0 radical (unpaired) electrons. The van der Waals surface area contributed by atoms with Gasteiger partial charge in [-0.3, -0.25) is 14.4 Å². The van der Waals surface area contributed by atoms with Gasteiger partial charge in [-0.25, -0.2) is 0 Å². The van der Waals surface area contributed by atoms with Gasteiger partial charge in [0.15, 0.2) is 6.10 Å². The van der Waals surface area contributed by atoms with E-state index in [4.69, 9.17) is 14.2 Å². The summed E-state index contributed by atoms with van der Waals surface area (Å²) in [5, 5.41) is 0. The lowest BCUT2D eigenvalue weighted by atomic mass is 10.0. The third-order valence-corrected chi connectivity index (χ3v) is 16.7. The highest BCUT2D eigenvalue weighted by molar-refractivity contribution is 5.71. The number of carbonyl (C=O) groups excluding carboxylic acids is 3. The Morgan fingerprint density at radius 2 is 0.450 bits per heavy atom. The molecule has 0 amide bonds. The molecule has 0 fully saturated rings. The average Bonchev–Trinajstić information content (AvgIpc) is 3.46. The highest BCUT2D eigenvalue weighted by Gasteiger charge is 2.19. The van der Waals surface area contributed by atoms with Crippen molar-refractivity contribution >= 4 is 17.9 Å². The van der Waals surface area contributed by atoms with Gasteiger partial charge >= 0.3 is 17.9 Å². The van der Waals surface area contributed by atoms with Crippen LogP contribution in [0, 0.1) is 0 Å². The Balaban J connectivity index is 4.10. The van der Waals surface area contributed by atoms with Gasteiger partial charge in [0.05, 0.1) is 0 Å². The minimum absolute atomic E-state index is 0.0683. The van der Waals surface area contributed by atoms with Crippen molar-refractivity contribution in [3.8, 4) is 0 Å². The van der Waals surface area contributed by atoms with Gasteiger partial charge in [0.25, 0.3) is 0 Å². The summed E-state index contributed by atoms with van der Waals surface area (Å²) in [6, 6.07) is 0. The van der Waals surface area contributed by atoms with E-state index in [1.807, 2.05) is 0 Å². The highest BCUT2D eigenvalue weighted by atomic mass is 16.6. The van der Waals surface area contributed by atoms with Gasteiger partial charge in [-0.1, -0.05) is 366 Å². The number of unbranched alkanes of at least 4 members (excludes halogenated alkanes) is 53. The number of esters is 3. The molecule has 0 saturated carbocycles. The zero-order chi connectivity index (χ0) is 57.8. The average molecular weight is 1130 g/mol. The summed E-state index contributed by atoms with van der Waals surface area (Å²) in [4.78, 5) is 38.4. The zero-order valence-corrected chi connectivity index (χ0v) is 54.4. The molecule has 80 heavy (non-hydrogen) atoms. The third kappa shape index (κ3) is 66.7. The molecule has 6 heteroatoms. The van der Waals surface area contributed by atoms with Crippen molar-refractivity contribution in [1.82, 2.24) is 0 Å². The molecule has 0 bridgehead atoms. The molecule has 0 aliphatic carbocycles. The van der Waals surface area contributed by atoms with E-state index in [1.54, 1.807) is 0 Å². The Morgan fingerprint density at radius 1 is 0.250 bits per heavy atom. The Morgan fingerprint density at radius 3 is 0.713 bits per heavy atom.